The predicted octanol–water partition coefficient (Wildman–Crippen LogP) is 0.187. The Morgan fingerprint density at radius 2 is 2.12 bits per heavy atom. The highest BCUT2D eigenvalue weighted by Crippen LogP contribution is 2.11. The van der Waals surface area contributed by atoms with Gasteiger partial charge in [0, 0.05) is 6.42 Å². The Labute approximate surface area is 101 Å². The van der Waals surface area contributed by atoms with Crippen molar-refractivity contribution in [3.8, 4) is 12.3 Å². The molecule has 4 N–H and O–H groups in total. The molecular formula is C13H16N2O2. The van der Waals surface area contributed by atoms with E-state index in [9.17, 15) is 9.90 Å². The molecule has 0 saturated heterocycles. The van der Waals surface area contributed by atoms with Gasteiger partial charge in [-0.25, -0.2) is 0 Å². The maximum atomic E-state index is 11.6. The number of nitrogens with two attached hydrogens (primary N) is 1. The molecule has 0 saturated carbocycles. The van der Waals surface area contributed by atoms with Crippen LogP contribution in [-0.4, -0.2) is 23.7 Å². The Kier molecular flexibility index (Phi) is 5.21. The van der Waals surface area contributed by atoms with Gasteiger partial charge in [-0.1, -0.05) is 30.3 Å². The summed E-state index contributed by atoms with van der Waals surface area (Å²) < 4.78 is 0. The normalized spacial score (nSPS) is 13.5. The summed E-state index contributed by atoms with van der Waals surface area (Å²) in [5.41, 5.74) is 6.40. The van der Waals surface area contributed by atoms with Gasteiger partial charge in [0.1, 0.15) is 0 Å². The molecule has 4 heteroatoms. The van der Waals surface area contributed by atoms with Crippen molar-refractivity contribution < 1.29 is 9.90 Å². The van der Waals surface area contributed by atoms with Gasteiger partial charge in [0.25, 0.3) is 0 Å². The van der Waals surface area contributed by atoms with Gasteiger partial charge in [0.15, 0.2) is 0 Å². The monoisotopic (exact) mass is 232 g/mol. The van der Waals surface area contributed by atoms with Gasteiger partial charge in [-0.2, -0.15) is 0 Å². The van der Waals surface area contributed by atoms with Crippen molar-refractivity contribution in [3.63, 3.8) is 0 Å². The predicted molar refractivity (Wildman–Crippen MR) is 65.8 cm³/mol. The van der Waals surface area contributed by atoms with Gasteiger partial charge in [-0.05, 0) is 5.56 Å². The third-order valence-electron chi connectivity index (χ3n) is 2.38. The lowest BCUT2D eigenvalue weighted by Crippen LogP contribution is -2.42. The lowest BCUT2D eigenvalue weighted by atomic mass is 10.1. The molecule has 0 radical (unpaired) electrons. The van der Waals surface area contributed by atoms with E-state index in [0.717, 1.165) is 5.56 Å². The maximum Gasteiger partial charge on any atom is 0.238 e. The second-order valence-corrected chi connectivity index (χ2v) is 3.67. The minimum Gasteiger partial charge on any atom is -0.394 e. The van der Waals surface area contributed by atoms with Crippen LogP contribution >= 0.6 is 0 Å². The van der Waals surface area contributed by atoms with Crippen LogP contribution in [0.5, 0.6) is 0 Å². The molecule has 1 aromatic carbocycles. The van der Waals surface area contributed by atoms with E-state index in [1.165, 1.54) is 0 Å². The molecule has 2 atom stereocenters. The van der Waals surface area contributed by atoms with Gasteiger partial charge in [-0.3, -0.25) is 4.79 Å². The van der Waals surface area contributed by atoms with E-state index in [4.69, 9.17) is 12.2 Å². The zero-order valence-corrected chi connectivity index (χ0v) is 9.47. The third kappa shape index (κ3) is 3.91. The van der Waals surface area contributed by atoms with E-state index < -0.39 is 12.1 Å². The smallest absolute Gasteiger partial charge is 0.238 e. The highest BCUT2D eigenvalue weighted by atomic mass is 16.3. The zero-order chi connectivity index (χ0) is 12.7. The van der Waals surface area contributed by atoms with Crippen molar-refractivity contribution in [1.29, 1.82) is 0 Å². The average Bonchev–Trinajstić information content (AvgIpc) is 2.37. The Hall–Kier alpha value is -1.83. The van der Waals surface area contributed by atoms with Crippen LogP contribution < -0.4 is 11.1 Å². The van der Waals surface area contributed by atoms with Gasteiger partial charge in [-0.15, -0.1) is 12.3 Å². The molecule has 0 spiro atoms. The first-order valence-electron chi connectivity index (χ1n) is 5.34. The fraction of sp³-hybridized carbons (Fsp3) is 0.308. The Balaban J connectivity index is 2.65. The summed E-state index contributed by atoms with van der Waals surface area (Å²) in [4.78, 5) is 11.6. The van der Waals surface area contributed by atoms with E-state index in [-0.39, 0.29) is 18.9 Å². The lowest BCUT2D eigenvalue weighted by molar-refractivity contribution is -0.123. The van der Waals surface area contributed by atoms with E-state index in [0.29, 0.717) is 0 Å². The van der Waals surface area contributed by atoms with Crippen LogP contribution in [0.25, 0.3) is 0 Å². The van der Waals surface area contributed by atoms with E-state index >= 15 is 0 Å². The summed E-state index contributed by atoms with van der Waals surface area (Å²) in [5.74, 6) is 1.98. The van der Waals surface area contributed by atoms with Crippen molar-refractivity contribution >= 4 is 5.91 Å². The molecule has 0 fully saturated rings. The summed E-state index contributed by atoms with van der Waals surface area (Å²) in [6, 6.07) is 8.01. The fourth-order valence-electron chi connectivity index (χ4n) is 1.42. The number of rotatable bonds is 5. The number of terminal acetylenes is 1. The first-order chi connectivity index (χ1) is 8.19. The minimum absolute atomic E-state index is 0.179. The molecule has 0 aliphatic carbocycles. The Bertz CT molecular complexity index is 398. The minimum atomic E-state index is -0.738. The number of hydrogen-bond acceptors (Lipinski definition) is 3. The SMILES string of the molecule is C#CCC(N)C(=O)N[C@H](CO)c1ccccc1. The summed E-state index contributed by atoms with van der Waals surface area (Å²) in [6.45, 7) is -0.182. The van der Waals surface area contributed by atoms with Crippen molar-refractivity contribution in [2.75, 3.05) is 6.61 Å². The topological polar surface area (TPSA) is 75.4 Å². The molecule has 1 aromatic rings. The average molecular weight is 232 g/mol. The molecule has 0 bridgehead atoms. The molecule has 0 aliphatic heterocycles. The number of carbonyl (C=O) groups is 1. The Morgan fingerprint density at radius 1 is 1.47 bits per heavy atom. The van der Waals surface area contributed by atoms with E-state index in [2.05, 4.69) is 11.2 Å². The number of hydrogen-bond donors (Lipinski definition) is 3. The van der Waals surface area contributed by atoms with Crippen LogP contribution in [0, 0.1) is 12.3 Å². The fourth-order valence-corrected chi connectivity index (χ4v) is 1.42. The first kappa shape index (κ1) is 13.2. The number of aliphatic hydroxyl groups is 1. The molecule has 90 valence electrons. The van der Waals surface area contributed by atoms with Crippen LogP contribution in [0.15, 0.2) is 30.3 Å². The molecular weight excluding hydrogens is 216 g/mol. The van der Waals surface area contributed by atoms with Crippen LogP contribution in [0.4, 0.5) is 0 Å². The molecule has 1 unspecified atom stereocenters. The highest BCUT2D eigenvalue weighted by molar-refractivity contribution is 5.82. The van der Waals surface area contributed by atoms with Crippen LogP contribution in [-0.2, 0) is 4.79 Å². The van der Waals surface area contributed by atoms with Gasteiger partial charge in [0.2, 0.25) is 5.91 Å². The molecule has 17 heavy (non-hydrogen) atoms. The van der Waals surface area contributed by atoms with Crippen LogP contribution in [0.3, 0.4) is 0 Å². The molecule has 1 amide bonds. The van der Waals surface area contributed by atoms with Crippen LogP contribution in [0.1, 0.15) is 18.0 Å². The summed E-state index contributed by atoms with van der Waals surface area (Å²) in [5, 5.41) is 11.9. The molecule has 1 rings (SSSR count). The summed E-state index contributed by atoms with van der Waals surface area (Å²) in [6.07, 6.45) is 5.26. The van der Waals surface area contributed by atoms with Crippen molar-refractivity contribution in [1.82, 2.24) is 5.32 Å². The van der Waals surface area contributed by atoms with Gasteiger partial charge >= 0.3 is 0 Å². The highest BCUT2D eigenvalue weighted by Gasteiger charge is 2.17. The Morgan fingerprint density at radius 3 is 2.65 bits per heavy atom. The number of benzene rings is 1. The standard InChI is InChI=1S/C13H16N2O2/c1-2-6-11(14)13(17)15-12(9-16)10-7-4-3-5-8-10/h1,3-5,7-8,11-12,16H,6,9,14H2,(H,15,17)/t11?,12-/m1/s1. The van der Waals surface area contributed by atoms with Gasteiger partial charge in [0.05, 0.1) is 18.7 Å². The van der Waals surface area contributed by atoms with Crippen LogP contribution in [0.2, 0.25) is 0 Å². The summed E-state index contributed by atoms with van der Waals surface area (Å²) in [7, 11) is 0. The number of aliphatic hydroxyl groups excluding tert-OH is 1. The number of amides is 1. The van der Waals surface area contributed by atoms with Crippen molar-refractivity contribution in [2.45, 2.75) is 18.5 Å². The quantitative estimate of drug-likeness (QED) is 0.634. The molecule has 0 aliphatic rings. The molecule has 0 heterocycles. The number of nitrogens with one attached hydrogen (secondary N) is 1. The summed E-state index contributed by atoms with van der Waals surface area (Å²) >= 11 is 0. The van der Waals surface area contributed by atoms with Crippen molar-refractivity contribution in [3.05, 3.63) is 35.9 Å². The number of carbonyl (C=O) groups excluding carboxylic acids is 1. The molecule has 0 aromatic heterocycles. The second kappa shape index (κ2) is 6.69. The van der Waals surface area contributed by atoms with Gasteiger partial charge < -0.3 is 16.2 Å². The van der Waals surface area contributed by atoms with E-state index in [1.807, 2.05) is 30.3 Å². The largest absolute Gasteiger partial charge is 0.394 e. The second-order valence-electron chi connectivity index (χ2n) is 3.67. The van der Waals surface area contributed by atoms with E-state index in [1.54, 1.807) is 0 Å². The first-order valence-corrected chi connectivity index (χ1v) is 5.34. The molecule has 4 nitrogen and oxygen atoms in total. The lowest BCUT2D eigenvalue weighted by Gasteiger charge is -2.18. The maximum absolute atomic E-state index is 11.6. The van der Waals surface area contributed by atoms with Crippen molar-refractivity contribution in [2.24, 2.45) is 5.73 Å². The third-order valence-corrected chi connectivity index (χ3v) is 2.38. The zero-order valence-electron chi connectivity index (χ0n) is 9.47.